The number of benzene rings is 2. The highest BCUT2D eigenvalue weighted by atomic mass is 16.5. The van der Waals surface area contributed by atoms with Crippen LogP contribution in [0.4, 0.5) is 5.69 Å². The van der Waals surface area contributed by atoms with E-state index in [4.69, 9.17) is 4.74 Å². The molecule has 0 unspecified atom stereocenters. The summed E-state index contributed by atoms with van der Waals surface area (Å²) in [6.07, 6.45) is 1.97. The lowest BCUT2D eigenvalue weighted by molar-refractivity contribution is -0.121. The van der Waals surface area contributed by atoms with Gasteiger partial charge >= 0.3 is 0 Å². The van der Waals surface area contributed by atoms with E-state index < -0.39 is 0 Å². The molecule has 1 saturated heterocycles. The second-order valence-electron chi connectivity index (χ2n) is 8.07. The van der Waals surface area contributed by atoms with Crippen molar-refractivity contribution in [3.8, 4) is 11.1 Å². The molecule has 4 rings (SSSR count). The summed E-state index contributed by atoms with van der Waals surface area (Å²) >= 11 is 0. The van der Waals surface area contributed by atoms with Crippen LogP contribution in [0.3, 0.4) is 0 Å². The lowest BCUT2D eigenvalue weighted by Gasteiger charge is -2.34. The van der Waals surface area contributed by atoms with Crippen molar-refractivity contribution in [2.24, 2.45) is 5.92 Å². The van der Waals surface area contributed by atoms with E-state index in [0.717, 1.165) is 38.3 Å². The van der Waals surface area contributed by atoms with Crippen LogP contribution in [0.1, 0.15) is 37.8 Å². The molecule has 0 radical (unpaired) electrons. The van der Waals surface area contributed by atoms with Crippen LogP contribution in [0, 0.1) is 12.8 Å². The smallest absolute Gasteiger partial charge is 0.229 e. The van der Waals surface area contributed by atoms with E-state index in [-0.39, 0.29) is 17.2 Å². The molecule has 3 nitrogen and oxygen atoms in total. The summed E-state index contributed by atoms with van der Waals surface area (Å²) in [5.74, 6) is 0.229. The minimum atomic E-state index is 0.00890. The number of fused-ring (bicyclic) bond motifs is 2. The molecule has 0 bridgehead atoms. The number of amides is 1. The second kappa shape index (κ2) is 6.55. The van der Waals surface area contributed by atoms with Gasteiger partial charge in [0.1, 0.15) is 0 Å². The number of ether oxygens (including phenoxy) is 1. The molecule has 2 aromatic carbocycles. The van der Waals surface area contributed by atoms with Crippen LogP contribution in [0.2, 0.25) is 0 Å². The predicted molar refractivity (Wildman–Crippen MR) is 106 cm³/mol. The first kappa shape index (κ1) is 17.3. The Balaban J connectivity index is 1.80. The van der Waals surface area contributed by atoms with Crippen molar-refractivity contribution < 1.29 is 9.53 Å². The van der Waals surface area contributed by atoms with E-state index in [0.29, 0.717) is 0 Å². The zero-order chi connectivity index (χ0) is 18.3. The molecule has 136 valence electrons. The van der Waals surface area contributed by atoms with Gasteiger partial charge in [0.05, 0.1) is 0 Å². The van der Waals surface area contributed by atoms with Gasteiger partial charge in [-0.1, -0.05) is 49.7 Å². The molecule has 1 amide bonds. The SMILES string of the molecule is Cc1ccc(-c2ccc3c(c2)C2(CCOCC2)CN3C(=O)C(C)C)cc1. The van der Waals surface area contributed by atoms with Gasteiger partial charge in [0, 0.05) is 36.8 Å². The van der Waals surface area contributed by atoms with Gasteiger partial charge in [0.2, 0.25) is 5.91 Å². The van der Waals surface area contributed by atoms with E-state index in [9.17, 15) is 4.79 Å². The zero-order valence-corrected chi connectivity index (χ0v) is 15.9. The third kappa shape index (κ3) is 2.84. The Kier molecular flexibility index (Phi) is 4.36. The molecule has 0 N–H and O–H groups in total. The first-order valence-electron chi connectivity index (χ1n) is 9.61. The van der Waals surface area contributed by atoms with Crippen LogP contribution < -0.4 is 4.90 Å². The summed E-state index contributed by atoms with van der Waals surface area (Å²) < 4.78 is 5.64. The fraction of sp³-hybridized carbons (Fsp3) is 0.435. The Morgan fingerprint density at radius 2 is 1.69 bits per heavy atom. The molecular formula is C23H27NO2. The average molecular weight is 349 g/mol. The van der Waals surface area contributed by atoms with E-state index in [2.05, 4.69) is 49.4 Å². The minimum absolute atomic E-state index is 0.00890. The first-order chi connectivity index (χ1) is 12.5. The first-order valence-corrected chi connectivity index (χ1v) is 9.61. The number of hydrogen-bond donors (Lipinski definition) is 0. The maximum atomic E-state index is 12.8. The molecule has 2 heterocycles. The Bertz CT molecular complexity index is 817. The zero-order valence-electron chi connectivity index (χ0n) is 15.9. The largest absolute Gasteiger partial charge is 0.381 e. The fourth-order valence-corrected chi connectivity index (χ4v) is 4.29. The molecule has 1 fully saturated rings. The molecule has 2 aliphatic rings. The van der Waals surface area contributed by atoms with E-state index in [1.54, 1.807) is 0 Å². The highest BCUT2D eigenvalue weighted by molar-refractivity contribution is 5.98. The van der Waals surface area contributed by atoms with Crippen molar-refractivity contribution in [3.05, 3.63) is 53.6 Å². The standard InChI is InChI=1S/C23H27NO2/c1-16(2)22(25)24-15-23(10-12-26-13-11-23)20-14-19(8-9-21(20)24)18-6-4-17(3)5-7-18/h4-9,14,16H,10-13,15H2,1-3H3. The van der Waals surface area contributed by atoms with Crippen LogP contribution in [0.25, 0.3) is 11.1 Å². The number of aryl methyl sites for hydroxylation is 1. The summed E-state index contributed by atoms with van der Waals surface area (Å²) in [5, 5.41) is 0. The summed E-state index contributed by atoms with van der Waals surface area (Å²) in [4.78, 5) is 14.8. The fourth-order valence-electron chi connectivity index (χ4n) is 4.29. The number of rotatable bonds is 2. The van der Waals surface area contributed by atoms with Gasteiger partial charge in [-0.3, -0.25) is 4.79 Å². The molecule has 0 aromatic heterocycles. The van der Waals surface area contributed by atoms with Crippen molar-refractivity contribution in [1.29, 1.82) is 0 Å². The van der Waals surface area contributed by atoms with Crippen LogP contribution in [-0.2, 0) is 14.9 Å². The van der Waals surface area contributed by atoms with Crippen LogP contribution in [0.5, 0.6) is 0 Å². The van der Waals surface area contributed by atoms with Crippen molar-refractivity contribution in [2.75, 3.05) is 24.7 Å². The van der Waals surface area contributed by atoms with Crippen LogP contribution in [-0.4, -0.2) is 25.7 Å². The normalized spacial score (nSPS) is 18.4. The maximum absolute atomic E-state index is 12.8. The van der Waals surface area contributed by atoms with E-state index in [1.807, 2.05) is 18.7 Å². The van der Waals surface area contributed by atoms with Gasteiger partial charge in [0.15, 0.2) is 0 Å². The molecule has 2 aromatic rings. The van der Waals surface area contributed by atoms with Gasteiger partial charge in [-0.2, -0.15) is 0 Å². The molecule has 1 spiro atoms. The Hall–Kier alpha value is -2.13. The van der Waals surface area contributed by atoms with E-state index in [1.165, 1.54) is 22.3 Å². The number of carbonyl (C=O) groups is 1. The third-order valence-corrected chi connectivity index (χ3v) is 5.91. The molecule has 26 heavy (non-hydrogen) atoms. The van der Waals surface area contributed by atoms with Gasteiger partial charge in [-0.15, -0.1) is 0 Å². The lowest BCUT2D eigenvalue weighted by atomic mass is 9.75. The Morgan fingerprint density at radius 1 is 1.04 bits per heavy atom. The van der Waals surface area contributed by atoms with Gasteiger partial charge in [0.25, 0.3) is 0 Å². The summed E-state index contributed by atoms with van der Waals surface area (Å²) in [5.41, 5.74) is 6.19. The average Bonchev–Trinajstić information content (AvgIpc) is 2.96. The maximum Gasteiger partial charge on any atom is 0.229 e. The molecule has 3 heteroatoms. The number of anilines is 1. The number of nitrogens with zero attached hydrogens (tertiary/aromatic N) is 1. The third-order valence-electron chi connectivity index (χ3n) is 5.91. The molecule has 0 atom stereocenters. The van der Waals surface area contributed by atoms with Crippen molar-refractivity contribution >= 4 is 11.6 Å². The number of carbonyl (C=O) groups excluding carboxylic acids is 1. The van der Waals surface area contributed by atoms with E-state index >= 15 is 0 Å². The Labute approximate surface area is 156 Å². The van der Waals surface area contributed by atoms with Crippen molar-refractivity contribution in [3.63, 3.8) is 0 Å². The topological polar surface area (TPSA) is 29.5 Å². The number of hydrogen-bond acceptors (Lipinski definition) is 2. The van der Waals surface area contributed by atoms with Gasteiger partial charge in [-0.25, -0.2) is 0 Å². The summed E-state index contributed by atoms with van der Waals surface area (Å²) in [6.45, 7) is 8.42. The Morgan fingerprint density at radius 3 is 2.35 bits per heavy atom. The van der Waals surface area contributed by atoms with Crippen LogP contribution >= 0.6 is 0 Å². The monoisotopic (exact) mass is 349 g/mol. The van der Waals surface area contributed by atoms with Gasteiger partial charge < -0.3 is 9.64 Å². The molecule has 0 saturated carbocycles. The lowest BCUT2D eigenvalue weighted by Crippen LogP contribution is -2.41. The quantitative estimate of drug-likeness (QED) is 0.785. The minimum Gasteiger partial charge on any atom is -0.381 e. The highest BCUT2D eigenvalue weighted by Gasteiger charge is 2.45. The second-order valence-corrected chi connectivity index (χ2v) is 8.07. The predicted octanol–water partition coefficient (Wildman–Crippen LogP) is 4.71. The molecule has 0 aliphatic carbocycles. The highest BCUT2D eigenvalue weighted by Crippen LogP contribution is 2.48. The van der Waals surface area contributed by atoms with Crippen molar-refractivity contribution in [2.45, 2.75) is 39.0 Å². The summed E-state index contributed by atoms with van der Waals surface area (Å²) in [7, 11) is 0. The molecular weight excluding hydrogens is 322 g/mol. The molecule has 2 aliphatic heterocycles. The summed E-state index contributed by atoms with van der Waals surface area (Å²) in [6, 6.07) is 15.3. The van der Waals surface area contributed by atoms with Crippen molar-refractivity contribution in [1.82, 2.24) is 0 Å². The van der Waals surface area contributed by atoms with Gasteiger partial charge in [-0.05, 0) is 48.6 Å². The van der Waals surface area contributed by atoms with Crippen LogP contribution in [0.15, 0.2) is 42.5 Å².